The number of benzene rings is 2. The van der Waals surface area contributed by atoms with Crippen LogP contribution in [0.3, 0.4) is 0 Å². The number of carbonyl (C=O) groups excluding carboxylic acids is 1. The molecule has 2 aromatic rings. The summed E-state index contributed by atoms with van der Waals surface area (Å²) in [5, 5.41) is 2.88. The van der Waals surface area contributed by atoms with Gasteiger partial charge in [0.15, 0.2) is 0 Å². The number of rotatable bonds is 8. The van der Waals surface area contributed by atoms with Crippen molar-refractivity contribution in [2.24, 2.45) is 5.92 Å². The Bertz CT molecular complexity index is 1070. The van der Waals surface area contributed by atoms with Crippen LogP contribution in [0.4, 0.5) is 13.2 Å². The molecule has 0 bridgehead atoms. The maximum absolute atomic E-state index is 12.9. The number of carbonyl (C=O) groups is 1. The topological polar surface area (TPSA) is 84.9 Å². The fourth-order valence-corrected chi connectivity index (χ4v) is 5.17. The molecule has 0 aliphatic carbocycles. The van der Waals surface area contributed by atoms with E-state index in [1.165, 1.54) is 16.4 Å². The lowest BCUT2D eigenvalue weighted by Gasteiger charge is -2.30. The van der Waals surface area contributed by atoms with Gasteiger partial charge >= 0.3 is 6.36 Å². The molecule has 1 aliphatic rings. The van der Waals surface area contributed by atoms with Crippen LogP contribution >= 0.6 is 0 Å². The van der Waals surface area contributed by atoms with Crippen molar-refractivity contribution in [1.82, 2.24) is 9.62 Å². The van der Waals surface area contributed by atoms with Gasteiger partial charge in [0.05, 0.1) is 11.5 Å². The predicted molar refractivity (Wildman–Crippen MR) is 114 cm³/mol. The van der Waals surface area contributed by atoms with Crippen LogP contribution in [-0.4, -0.2) is 45.2 Å². The van der Waals surface area contributed by atoms with E-state index in [9.17, 15) is 26.4 Å². The molecule has 1 saturated heterocycles. The van der Waals surface area contributed by atoms with E-state index in [1.807, 2.05) is 24.3 Å². The van der Waals surface area contributed by atoms with Crippen molar-refractivity contribution in [3.63, 3.8) is 0 Å². The third-order valence-corrected chi connectivity index (χ3v) is 7.17. The molecule has 2 aromatic carbocycles. The Morgan fingerprint density at radius 1 is 1.09 bits per heavy atom. The Kier molecular flexibility index (Phi) is 7.98. The zero-order valence-electron chi connectivity index (χ0n) is 18.0. The fourth-order valence-electron chi connectivity index (χ4n) is 3.67. The van der Waals surface area contributed by atoms with Gasteiger partial charge in [-0.05, 0) is 36.1 Å². The van der Waals surface area contributed by atoms with Gasteiger partial charge < -0.3 is 14.8 Å². The first kappa shape index (κ1) is 25.0. The van der Waals surface area contributed by atoms with Crippen molar-refractivity contribution >= 4 is 15.9 Å². The van der Waals surface area contributed by atoms with E-state index in [-0.39, 0.29) is 29.8 Å². The molecule has 0 spiro atoms. The molecule has 33 heavy (non-hydrogen) atoms. The van der Waals surface area contributed by atoms with Crippen molar-refractivity contribution < 1.29 is 35.9 Å². The van der Waals surface area contributed by atoms with Gasteiger partial charge in [0, 0.05) is 38.7 Å². The molecule has 1 aliphatic heterocycles. The maximum atomic E-state index is 12.9. The number of nitrogens with zero attached hydrogens (tertiary/aromatic N) is 1. The van der Waals surface area contributed by atoms with E-state index in [1.54, 1.807) is 7.11 Å². The van der Waals surface area contributed by atoms with E-state index in [2.05, 4.69) is 10.1 Å². The minimum absolute atomic E-state index is 0.0914. The van der Waals surface area contributed by atoms with Gasteiger partial charge in [0.2, 0.25) is 15.9 Å². The second kappa shape index (κ2) is 10.5. The molecule has 3 rings (SSSR count). The molecule has 0 saturated carbocycles. The van der Waals surface area contributed by atoms with E-state index in [0.29, 0.717) is 26.0 Å². The molecule has 7 nitrogen and oxygen atoms in total. The third kappa shape index (κ3) is 6.92. The highest BCUT2D eigenvalue weighted by molar-refractivity contribution is 7.89. The lowest BCUT2D eigenvalue weighted by molar-refractivity contribution is -0.274. The number of hydrogen-bond donors (Lipinski definition) is 1. The summed E-state index contributed by atoms with van der Waals surface area (Å²) < 4.78 is 73.1. The number of hydrogen-bond acceptors (Lipinski definition) is 5. The van der Waals surface area contributed by atoms with Gasteiger partial charge in [-0.2, -0.15) is 4.31 Å². The summed E-state index contributed by atoms with van der Waals surface area (Å²) in [5.74, 6) is -1.12. The van der Waals surface area contributed by atoms with Crippen LogP contribution in [0.5, 0.6) is 5.75 Å². The Labute approximate surface area is 190 Å². The van der Waals surface area contributed by atoms with E-state index in [0.717, 1.165) is 23.3 Å². The first-order chi connectivity index (χ1) is 15.6. The summed E-state index contributed by atoms with van der Waals surface area (Å²) in [7, 11) is -2.41. The average Bonchev–Trinajstić information content (AvgIpc) is 2.77. The Morgan fingerprint density at radius 3 is 2.42 bits per heavy atom. The maximum Gasteiger partial charge on any atom is 0.573 e. The van der Waals surface area contributed by atoms with Gasteiger partial charge in [0.1, 0.15) is 5.75 Å². The highest BCUT2D eigenvalue weighted by Crippen LogP contribution is 2.28. The summed E-state index contributed by atoms with van der Waals surface area (Å²) in [6.45, 7) is 1.00. The molecule has 11 heteroatoms. The number of sulfonamides is 1. The summed E-state index contributed by atoms with van der Waals surface area (Å²) in [6.07, 6.45) is -4.29. The molecule has 0 unspecified atom stereocenters. The monoisotopic (exact) mass is 486 g/mol. The van der Waals surface area contributed by atoms with Gasteiger partial charge in [-0.3, -0.25) is 4.79 Å². The normalized spacial score (nSPS) is 15.9. The number of alkyl halides is 3. The quantitative estimate of drug-likeness (QED) is 0.618. The van der Waals surface area contributed by atoms with Crippen molar-refractivity contribution in [3.8, 4) is 5.75 Å². The molecule has 1 fully saturated rings. The number of methoxy groups -OCH3 is 1. The number of nitrogens with one attached hydrogen (secondary N) is 1. The highest BCUT2D eigenvalue weighted by Gasteiger charge is 2.34. The van der Waals surface area contributed by atoms with Crippen molar-refractivity contribution in [2.75, 3.05) is 20.2 Å². The van der Waals surface area contributed by atoms with Crippen LogP contribution in [-0.2, 0) is 32.7 Å². The second-order valence-electron chi connectivity index (χ2n) is 7.67. The van der Waals surface area contributed by atoms with Gasteiger partial charge in [-0.1, -0.05) is 30.3 Å². The molecule has 0 aromatic heterocycles. The lowest BCUT2D eigenvalue weighted by Crippen LogP contribution is -2.42. The summed E-state index contributed by atoms with van der Waals surface area (Å²) in [6, 6.07) is 11.9. The summed E-state index contributed by atoms with van der Waals surface area (Å²) in [5.41, 5.74) is 1.92. The minimum Gasteiger partial charge on any atom is -0.406 e. The third-order valence-electron chi connectivity index (χ3n) is 5.27. The zero-order chi connectivity index (χ0) is 24.1. The first-order valence-electron chi connectivity index (χ1n) is 10.3. The Morgan fingerprint density at radius 2 is 1.76 bits per heavy atom. The van der Waals surface area contributed by atoms with Gasteiger partial charge in [-0.25, -0.2) is 8.42 Å². The van der Waals surface area contributed by atoms with E-state index >= 15 is 0 Å². The van der Waals surface area contributed by atoms with E-state index in [4.69, 9.17) is 4.74 Å². The summed E-state index contributed by atoms with van der Waals surface area (Å²) >= 11 is 0. The smallest absolute Gasteiger partial charge is 0.406 e. The second-order valence-corrected chi connectivity index (χ2v) is 9.61. The minimum atomic E-state index is -4.92. The fraction of sp³-hybridized carbons (Fsp3) is 0.409. The zero-order valence-corrected chi connectivity index (χ0v) is 18.8. The SMILES string of the molecule is COCc1cccc(CNC(=O)C2CCN(S(=O)(=O)c3cccc(OC(F)(F)F)c3)CC2)c1. The standard InChI is InChI=1S/C22H25F3N2O5S/c1-31-15-17-5-2-4-16(12-17)14-26-21(28)18-8-10-27(11-9-18)33(29,30)20-7-3-6-19(13-20)32-22(23,24)25/h2-7,12-13,18H,8-11,14-15H2,1H3,(H,26,28). The Hall–Kier alpha value is -2.63. The van der Waals surface area contributed by atoms with Crippen molar-refractivity contribution in [3.05, 3.63) is 59.7 Å². The van der Waals surface area contributed by atoms with Crippen molar-refractivity contribution in [1.29, 1.82) is 0 Å². The van der Waals surface area contributed by atoms with Crippen LogP contribution in [0, 0.1) is 5.92 Å². The number of amides is 1. The van der Waals surface area contributed by atoms with Crippen LogP contribution in [0.1, 0.15) is 24.0 Å². The first-order valence-corrected chi connectivity index (χ1v) is 11.7. The van der Waals surface area contributed by atoms with Crippen molar-refractivity contribution in [2.45, 2.75) is 37.3 Å². The largest absolute Gasteiger partial charge is 0.573 e. The molecule has 1 N–H and O–H groups in total. The van der Waals surface area contributed by atoms with Crippen LogP contribution in [0.25, 0.3) is 0 Å². The molecule has 180 valence electrons. The average molecular weight is 487 g/mol. The summed E-state index contributed by atoms with van der Waals surface area (Å²) in [4.78, 5) is 12.3. The molecule has 0 atom stereocenters. The molecule has 1 heterocycles. The Balaban J connectivity index is 1.56. The lowest BCUT2D eigenvalue weighted by atomic mass is 9.97. The number of ether oxygens (including phenoxy) is 2. The molecule has 0 radical (unpaired) electrons. The molecular weight excluding hydrogens is 461 g/mol. The number of halogens is 3. The van der Waals surface area contributed by atoms with Gasteiger partial charge in [-0.15, -0.1) is 13.2 Å². The van der Waals surface area contributed by atoms with Gasteiger partial charge in [0.25, 0.3) is 0 Å². The number of piperidine rings is 1. The van der Waals surface area contributed by atoms with Crippen LogP contribution in [0.2, 0.25) is 0 Å². The molecule has 1 amide bonds. The highest BCUT2D eigenvalue weighted by atomic mass is 32.2. The van der Waals surface area contributed by atoms with Crippen LogP contribution < -0.4 is 10.1 Å². The predicted octanol–water partition coefficient (Wildman–Crippen LogP) is 3.45. The molecular formula is C22H25F3N2O5S. The van der Waals surface area contributed by atoms with Crippen LogP contribution in [0.15, 0.2) is 53.4 Å². The van der Waals surface area contributed by atoms with E-state index < -0.39 is 22.1 Å².